The summed E-state index contributed by atoms with van der Waals surface area (Å²) in [6, 6.07) is 5.83. The fraction of sp³-hybridized carbons (Fsp3) is 0.267. The van der Waals surface area contributed by atoms with Gasteiger partial charge in [-0.2, -0.15) is 0 Å². The van der Waals surface area contributed by atoms with E-state index in [9.17, 15) is 9.90 Å². The molecular weight excluding hydrogens is 306 g/mol. The third-order valence-electron chi connectivity index (χ3n) is 3.34. The van der Waals surface area contributed by atoms with Crippen molar-refractivity contribution in [1.82, 2.24) is 4.57 Å². The average Bonchev–Trinajstić information content (AvgIpc) is 2.61. The van der Waals surface area contributed by atoms with E-state index in [2.05, 4.69) is 28.1 Å². The molecule has 2 aromatic rings. The van der Waals surface area contributed by atoms with Gasteiger partial charge in [-0.1, -0.05) is 15.9 Å². The smallest absolute Gasteiger partial charge is 0.337 e. The van der Waals surface area contributed by atoms with Gasteiger partial charge < -0.3 is 9.67 Å². The van der Waals surface area contributed by atoms with Crippen molar-refractivity contribution in [3.63, 3.8) is 0 Å². The fourth-order valence-corrected chi connectivity index (χ4v) is 2.66. The molecule has 0 bridgehead atoms. The zero-order chi connectivity index (χ0) is 14.3. The maximum Gasteiger partial charge on any atom is 0.337 e. The Hall–Kier alpha value is -1.55. The van der Waals surface area contributed by atoms with Gasteiger partial charge in [-0.25, -0.2) is 4.79 Å². The van der Waals surface area contributed by atoms with Crippen LogP contribution in [0, 0.1) is 27.7 Å². The lowest BCUT2D eigenvalue weighted by Gasteiger charge is -2.13. The standard InChI is InChI=1S/C15H16BrNO2/c1-8-5-12(6-9(2)14(8)16)17-10(3)7-13(11(17)4)15(18)19/h5-7H,1-4H3,(H,18,19). The maximum absolute atomic E-state index is 11.2. The van der Waals surface area contributed by atoms with Crippen molar-refractivity contribution < 1.29 is 9.90 Å². The van der Waals surface area contributed by atoms with E-state index in [0.29, 0.717) is 5.56 Å². The van der Waals surface area contributed by atoms with Gasteiger partial charge in [-0.05, 0) is 57.0 Å². The highest BCUT2D eigenvalue weighted by Crippen LogP contribution is 2.27. The molecule has 0 aliphatic rings. The molecule has 19 heavy (non-hydrogen) atoms. The third-order valence-corrected chi connectivity index (χ3v) is 4.59. The molecule has 0 fully saturated rings. The van der Waals surface area contributed by atoms with E-state index < -0.39 is 5.97 Å². The van der Waals surface area contributed by atoms with Crippen LogP contribution in [0.5, 0.6) is 0 Å². The van der Waals surface area contributed by atoms with Crippen LogP contribution in [0.2, 0.25) is 0 Å². The molecule has 1 N–H and O–H groups in total. The predicted octanol–water partition coefficient (Wildman–Crippen LogP) is 4.17. The average molecular weight is 322 g/mol. The van der Waals surface area contributed by atoms with E-state index in [0.717, 1.165) is 32.7 Å². The number of hydrogen-bond donors (Lipinski definition) is 1. The molecule has 4 heteroatoms. The van der Waals surface area contributed by atoms with E-state index >= 15 is 0 Å². The van der Waals surface area contributed by atoms with E-state index in [-0.39, 0.29) is 0 Å². The fourth-order valence-electron chi connectivity index (χ4n) is 2.43. The Labute approximate surface area is 121 Å². The van der Waals surface area contributed by atoms with Gasteiger partial charge in [0, 0.05) is 21.5 Å². The van der Waals surface area contributed by atoms with Gasteiger partial charge in [0.1, 0.15) is 0 Å². The van der Waals surface area contributed by atoms with Crippen LogP contribution in [0.4, 0.5) is 0 Å². The summed E-state index contributed by atoms with van der Waals surface area (Å²) < 4.78 is 3.08. The number of nitrogens with zero attached hydrogens (tertiary/aromatic N) is 1. The van der Waals surface area contributed by atoms with Crippen LogP contribution in [0.1, 0.15) is 32.9 Å². The molecule has 2 rings (SSSR count). The number of carbonyl (C=O) groups is 1. The van der Waals surface area contributed by atoms with Crippen molar-refractivity contribution in [2.45, 2.75) is 27.7 Å². The van der Waals surface area contributed by atoms with E-state index in [4.69, 9.17) is 0 Å². The number of aryl methyl sites for hydroxylation is 3. The van der Waals surface area contributed by atoms with Crippen LogP contribution in [-0.4, -0.2) is 15.6 Å². The van der Waals surface area contributed by atoms with Crippen LogP contribution in [0.25, 0.3) is 5.69 Å². The SMILES string of the molecule is Cc1cc(-n2c(C)cc(C(=O)O)c2C)cc(C)c1Br. The molecule has 0 spiro atoms. The summed E-state index contributed by atoms with van der Waals surface area (Å²) in [7, 11) is 0. The number of rotatable bonds is 2. The lowest BCUT2D eigenvalue weighted by molar-refractivity contribution is 0.0696. The molecular formula is C15H16BrNO2. The number of hydrogen-bond acceptors (Lipinski definition) is 1. The van der Waals surface area contributed by atoms with Crippen LogP contribution < -0.4 is 0 Å². The molecule has 100 valence electrons. The minimum Gasteiger partial charge on any atom is -0.478 e. The Morgan fingerprint density at radius 1 is 1.11 bits per heavy atom. The summed E-state index contributed by atoms with van der Waals surface area (Å²) in [6.07, 6.45) is 0. The molecule has 3 nitrogen and oxygen atoms in total. The van der Waals surface area contributed by atoms with Crippen molar-refractivity contribution in [1.29, 1.82) is 0 Å². The number of benzene rings is 1. The van der Waals surface area contributed by atoms with Crippen molar-refractivity contribution >= 4 is 21.9 Å². The first kappa shape index (κ1) is 13.9. The second-order valence-electron chi connectivity index (χ2n) is 4.82. The minimum atomic E-state index is -0.884. The lowest BCUT2D eigenvalue weighted by Crippen LogP contribution is -2.03. The van der Waals surface area contributed by atoms with E-state index in [1.54, 1.807) is 6.07 Å². The van der Waals surface area contributed by atoms with Crippen LogP contribution in [-0.2, 0) is 0 Å². The molecule has 0 amide bonds. The van der Waals surface area contributed by atoms with Crippen LogP contribution >= 0.6 is 15.9 Å². The van der Waals surface area contributed by atoms with Crippen LogP contribution in [0.15, 0.2) is 22.7 Å². The summed E-state index contributed by atoms with van der Waals surface area (Å²) in [5.74, 6) is -0.884. The zero-order valence-corrected chi connectivity index (χ0v) is 13.0. The van der Waals surface area contributed by atoms with Crippen molar-refractivity contribution in [2.24, 2.45) is 0 Å². The van der Waals surface area contributed by atoms with Gasteiger partial charge in [-0.15, -0.1) is 0 Å². The highest BCUT2D eigenvalue weighted by atomic mass is 79.9. The summed E-state index contributed by atoms with van der Waals surface area (Å²) in [4.78, 5) is 11.2. The topological polar surface area (TPSA) is 42.2 Å². The molecule has 0 aliphatic carbocycles. The molecule has 0 aliphatic heterocycles. The number of aromatic carboxylic acids is 1. The zero-order valence-electron chi connectivity index (χ0n) is 11.4. The molecule has 0 atom stereocenters. The molecule has 0 unspecified atom stereocenters. The summed E-state index contributed by atoms with van der Waals surface area (Å²) in [5.41, 5.74) is 5.32. The second kappa shape index (κ2) is 4.85. The normalized spacial score (nSPS) is 10.8. The van der Waals surface area contributed by atoms with Gasteiger partial charge in [0.25, 0.3) is 0 Å². The highest BCUT2D eigenvalue weighted by molar-refractivity contribution is 9.10. The van der Waals surface area contributed by atoms with Crippen molar-refractivity contribution in [2.75, 3.05) is 0 Å². The number of carboxylic acids is 1. The van der Waals surface area contributed by atoms with Gasteiger partial charge in [0.05, 0.1) is 5.56 Å². The summed E-state index contributed by atoms with van der Waals surface area (Å²) in [5, 5.41) is 9.18. The predicted molar refractivity (Wildman–Crippen MR) is 79.4 cm³/mol. The first-order valence-electron chi connectivity index (χ1n) is 6.02. The lowest BCUT2D eigenvalue weighted by atomic mass is 10.1. The third kappa shape index (κ3) is 2.32. The van der Waals surface area contributed by atoms with Gasteiger partial charge in [-0.3, -0.25) is 0 Å². The Balaban J connectivity index is 2.69. The Kier molecular flexibility index (Phi) is 3.54. The molecule has 0 radical (unpaired) electrons. The van der Waals surface area contributed by atoms with E-state index in [1.807, 2.05) is 32.3 Å². The largest absolute Gasteiger partial charge is 0.478 e. The Morgan fingerprint density at radius 2 is 1.63 bits per heavy atom. The van der Waals surface area contributed by atoms with Crippen molar-refractivity contribution in [3.05, 3.63) is 50.8 Å². The molecule has 1 heterocycles. The summed E-state index contributed by atoms with van der Waals surface area (Å²) in [6.45, 7) is 7.83. The quantitative estimate of drug-likeness (QED) is 0.901. The molecule has 0 saturated carbocycles. The monoisotopic (exact) mass is 321 g/mol. The number of aromatic nitrogens is 1. The summed E-state index contributed by atoms with van der Waals surface area (Å²) >= 11 is 3.55. The molecule has 1 aromatic heterocycles. The number of carboxylic acid groups (broad SMARTS) is 1. The van der Waals surface area contributed by atoms with Crippen LogP contribution in [0.3, 0.4) is 0 Å². The second-order valence-corrected chi connectivity index (χ2v) is 5.61. The Bertz CT molecular complexity index is 648. The highest BCUT2D eigenvalue weighted by Gasteiger charge is 2.16. The van der Waals surface area contributed by atoms with E-state index in [1.165, 1.54) is 0 Å². The van der Waals surface area contributed by atoms with Crippen molar-refractivity contribution in [3.8, 4) is 5.69 Å². The van der Waals surface area contributed by atoms with Gasteiger partial charge in [0.2, 0.25) is 0 Å². The van der Waals surface area contributed by atoms with Gasteiger partial charge in [0.15, 0.2) is 0 Å². The van der Waals surface area contributed by atoms with Gasteiger partial charge >= 0.3 is 5.97 Å². The molecule has 1 aromatic carbocycles. The first-order valence-corrected chi connectivity index (χ1v) is 6.81. The maximum atomic E-state index is 11.2. The first-order chi connectivity index (χ1) is 8.82. The Morgan fingerprint density at radius 3 is 2.05 bits per heavy atom. The molecule has 0 saturated heterocycles. The number of halogens is 1. The minimum absolute atomic E-state index is 0.357.